The van der Waals surface area contributed by atoms with Crippen molar-refractivity contribution in [1.29, 1.82) is 0 Å². The fourth-order valence-corrected chi connectivity index (χ4v) is 21.9. The Kier molecular flexibility index (Phi) is 10.2. The molecule has 13 rings (SSSR count). The topological polar surface area (TPSA) is 19.4 Å². The van der Waals surface area contributed by atoms with Gasteiger partial charge in [-0.2, -0.15) is 0 Å². The van der Waals surface area contributed by atoms with Crippen LogP contribution in [0.5, 0.6) is 0 Å². The van der Waals surface area contributed by atoms with E-state index in [0.29, 0.717) is 0 Å². The quantitative estimate of drug-likeness (QED) is 0.142. The number of anilines is 6. The number of aromatic nitrogens is 1. The second-order valence-corrected chi connectivity index (χ2v) is 25.7. The number of para-hydroxylation sites is 2. The zero-order valence-electron chi connectivity index (χ0n) is 38.5. The summed E-state index contributed by atoms with van der Waals surface area (Å²) < 4.78 is 0. The molecule has 0 atom stereocenters. The number of pyridine rings is 1. The largest absolute Gasteiger partial charge is 0.295 e. The predicted molar refractivity (Wildman–Crippen MR) is 299 cm³/mol. The molecule has 11 aromatic rings. The van der Waals surface area contributed by atoms with Crippen molar-refractivity contribution in [2.24, 2.45) is 0 Å². The highest BCUT2D eigenvalue weighted by Gasteiger charge is 2.51. The van der Waals surface area contributed by atoms with Crippen molar-refractivity contribution in [2.75, 3.05) is 9.80 Å². The molecule has 3 nitrogen and oxygen atoms in total. The van der Waals surface area contributed by atoms with Crippen LogP contribution in [0.1, 0.15) is 0 Å². The predicted octanol–water partition coefficient (Wildman–Crippen LogP) is 10.7. The number of benzene rings is 10. The van der Waals surface area contributed by atoms with Crippen LogP contribution >= 0.6 is 0 Å². The Morgan fingerprint density at radius 3 is 0.886 bits per heavy atom. The van der Waals surface area contributed by atoms with Gasteiger partial charge in [-0.05, 0) is 100 Å². The molecule has 10 aromatic carbocycles. The molecule has 1 aromatic heterocycles. The first-order valence-electron chi connectivity index (χ1n) is 24.1. The van der Waals surface area contributed by atoms with E-state index in [1.165, 1.54) is 63.7 Å². The molecule has 2 aliphatic heterocycles. The summed E-state index contributed by atoms with van der Waals surface area (Å²) in [6, 6.07) is 106. The average molecular weight is 926 g/mol. The minimum Gasteiger partial charge on any atom is -0.295 e. The zero-order valence-corrected chi connectivity index (χ0v) is 40.5. The fourth-order valence-electron chi connectivity index (χ4n) is 11.7. The first-order valence-corrected chi connectivity index (χ1v) is 28.1. The SMILES string of the molecule is c1ccc(-c2ccc3c(c2)[Si](c2ccccc2)(c2ccccc2)c2ccccc2N3c2cccc(N3c4ccccc4[Si](c4ccccc4)(c4ccccc4)c4cc(-c5ccccc5)ccc43)n2)cc1. The number of rotatable bonds is 8. The summed E-state index contributed by atoms with van der Waals surface area (Å²) in [7, 11) is -5.89. The lowest BCUT2D eigenvalue weighted by molar-refractivity contribution is 1.14. The van der Waals surface area contributed by atoms with Gasteiger partial charge in [0.15, 0.2) is 16.1 Å². The lowest BCUT2D eigenvalue weighted by Gasteiger charge is -2.46. The van der Waals surface area contributed by atoms with Crippen LogP contribution in [0.2, 0.25) is 0 Å². The van der Waals surface area contributed by atoms with Gasteiger partial charge in [-0.3, -0.25) is 9.80 Å². The van der Waals surface area contributed by atoms with E-state index in [1.54, 1.807) is 0 Å². The molecular weight excluding hydrogens is 879 g/mol. The molecular formula is C65H47N3Si2. The zero-order chi connectivity index (χ0) is 46.5. The maximum Gasteiger partial charge on any atom is 0.184 e. The van der Waals surface area contributed by atoms with Gasteiger partial charge >= 0.3 is 0 Å². The van der Waals surface area contributed by atoms with Crippen LogP contribution < -0.4 is 51.3 Å². The summed E-state index contributed by atoms with van der Waals surface area (Å²) in [5, 5.41) is 10.7. The van der Waals surface area contributed by atoms with Crippen molar-refractivity contribution >= 4 is 92.0 Å². The summed E-state index contributed by atoms with van der Waals surface area (Å²) in [5.74, 6) is 1.73. The van der Waals surface area contributed by atoms with E-state index < -0.39 is 16.1 Å². The van der Waals surface area contributed by atoms with E-state index in [0.717, 1.165) is 34.4 Å². The van der Waals surface area contributed by atoms with Crippen LogP contribution in [0, 0.1) is 0 Å². The first kappa shape index (κ1) is 41.6. The van der Waals surface area contributed by atoms with Gasteiger partial charge in [0.05, 0.1) is 0 Å². The highest BCUT2D eigenvalue weighted by molar-refractivity contribution is 7.22. The van der Waals surface area contributed by atoms with Crippen molar-refractivity contribution in [3.63, 3.8) is 0 Å². The lowest BCUT2D eigenvalue weighted by atomic mass is 10.0. The summed E-state index contributed by atoms with van der Waals surface area (Å²) in [6.45, 7) is 0. The summed E-state index contributed by atoms with van der Waals surface area (Å²) in [6.07, 6.45) is 0. The van der Waals surface area contributed by atoms with Gasteiger partial charge in [-0.15, -0.1) is 0 Å². The third-order valence-electron chi connectivity index (χ3n) is 14.6. The minimum atomic E-state index is -2.95. The monoisotopic (exact) mass is 925 g/mol. The summed E-state index contributed by atoms with van der Waals surface area (Å²) >= 11 is 0. The molecule has 0 amide bonds. The van der Waals surface area contributed by atoms with Gasteiger partial charge in [0.1, 0.15) is 11.6 Å². The van der Waals surface area contributed by atoms with Gasteiger partial charge in [0.25, 0.3) is 0 Å². The molecule has 0 unspecified atom stereocenters. The number of nitrogens with zero attached hydrogens (tertiary/aromatic N) is 3. The maximum atomic E-state index is 5.85. The summed E-state index contributed by atoms with van der Waals surface area (Å²) in [5.41, 5.74) is 9.39. The highest BCUT2D eigenvalue weighted by atomic mass is 28.3. The Morgan fingerprint density at radius 2 is 0.529 bits per heavy atom. The number of hydrogen-bond acceptors (Lipinski definition) is 3. The van der Waals surface area contributed by atoms with Gasteiger partial charge < -0.3 is 0 Å². The highest BCUT2D eigenvalue weighted by Crippen LogP contribution is 2.43. The Hall–Kier alpha value is -8.62. The number of fused-ring (bicyclic) bond motifs is 4. The number of hydrogen-bond donors (Lipinski definition) is 0. The van der Waals surface area contributed by atoms with Gasteiger partial charge in [-0.1, -0.05) is 249 Å². The van der Waals surface area contributed by atoms with Crippen molar-refractivity contribution in [3.8, 4) is 22.3 Å². The maximum absolute atomic E-state index is 5.85. The molecule has 0 saturated carbocycles. The van der Waals surface area contributed by atoms with Gasteiger partial charge in [-0.25, -0.2) is 4.98 Å². The Balaban J connectivity index is 1.07. The van der Waals surface area contributed by atoms with Gasteiger partial charge in [0, 0.05) is 22.7 Å². The standard InChI is InChI=1S/C65H47N3Si2/c1-7-24-48(25-8-1)50-42-44-58-62(46-50)69(52-28-11-3-12-29-52,53-30-13-4-14-31-53)60-38-21-19-36-56(60)67(58)64-40-23-41-65(66-64)68-57-37-20-22-39-61(57)70(54-32-15-5-16-33-54,55-34-17-6-18-35-55)63-47-51(43-45-59(63)68)49-26-9-2-10-27-49/h1-47H. The molecule has 0 fully saturated rings. The van der Waals surface area contributed by atoms with Crippen molar-refractivity contribution in [3.05, 3.63) is 285 Å². The molecule has 0 aliphatic carbocycles. The second kappa shape index (κ2) is 17.2. The van der Waals surface area contributed by atoms with Crippen LogP contribution in [0.25, 0.3) is 22.3 Å². The Bertz CT molecular complexity index is 3340. The minimum absolute atomic E-state index is 0.863. The van der Waals surface area contributed by atoms with E-state index in [9.17, 15) is 0 Å². The van der Waals surface area contributed by atoms with Crippen molar-refractivity contribution < 1.29 is 0 Å². The first-order chi connectivity index (χ1) is 34.7. The smallest absolute Gasteiger partial charge is 0.184 e. The third kappa shape index (κ3) is 6.43. The molecule has 0 N–H and O–H groups in total. The molecule has 0 radical (unpaired) electrons. The van der Waals surface area contributed by atoms with Crippen LogP contribution in [-0.2, 0) is 0 Å². The molecule has 2 aliphatic rings. The van der Waals surface area contributed by atoms with E-state index in [-0.39, 0.29) is 0 Å². The second-order valence-electron chi connectivity index (χ2n) is 18.2. The van der Waals surface area contributed by atoms with Crippen LogP contribution in [0.15, 0.2) is 285 Å². The Morgan fingerprint density at radius 1 is 0.229 bits per heavy atom. The van der Waals surface area contributed by atoms with Crippen LogP contribution in [-0.4, -0.2) is 21.1 Å². The van der Waals surface area contributed by atoms with Crippen LogP contribution in [0.4, 0.5) is 34.4 Å². The lowest BCUT2D eigenvalue weighted by Crippen LogP contribution is -2.77. The average Bonchev–Trinajstić information content (AvgIpc) is 3.45. The molecule has 5 heteroatoms. The molecule has 0 spiro atoms. The van der Waals surface area contributed by atoms with E-state index in [1.807, 2.05) is 0 Å². The molecule has 0 saturated heterocycles. The van der Waals surface area contributed by atoms with Gasteiger partial charge in [0.2, 0.25) is 0 Å². The van der Waals surface area contributed by atoms with E-state index >= 15 is 0 Å². The van der Waals surface area contributed by atoms with Crippen molar-refractivity contribution in [2.45, 2.75) is 0 Å². The van der Waals surface area contributed by atoms with E-state index in [4.69, 9.17) is 4.98 Å². The summed E-state index contributed by atoms with van der Waals surface area (Å²) in [4.78, 5) is 10.7. The molecule has 70 heavy (non-hydrogen) atoms. The van der Waals surface area contributed by atoms with Crippen molar-refractivity contribution in [1.82, 2.24) is 4.98 Å². The van der Waals surface area contributed by atoms with Crippen LogP contribution in [0.3, 0.4) is 0 Å². The molecule has 3 heterocycles. The molecule has 330 valence electrons. The normalized spacial score (nSPS) is 13.9. The third-order valence-corrected chi connectivity index (χ3v) is 24.3. The van der Waals surface area contributed by atoms with E-state index in [2.05, 4.69) is 295 Å². The molecule has 0 bridgehead atoms. The fraction of sp³-hybridized carbons (Fsp3) is 0. The Labute approximate surface area is 411 Å².